The summed E-state index contributed by atoms with van der Waals surface area (Å²) in [4.78, 5) is 36.5. The van der Waals surface area contributed by atoms with Crippen LogP contribution in [-0.2, 0) is 4.79 Å². The fourth-order valence-corrected chi connectivity index (χ4v) is 2.32. The second kappa shape index (κ2) is 3.77. The molecule has 0 atom stereocenters. The van der Waals surface area contributed by atoms with Crippen LogP contribution >= 0.6 is 0 Å². The van der Waals surface area contributed by atoms with Crippen molar-refractivity contribution < 1.29 is 9.59 Å². The van der Waals surface area contributed by atoms with Gasteiger partial charge >= 0.3 is 0 Å². The van der Waals surface area contributed by atoms with Gasteiger partial charge in [-0.05, 0) is 24.3 Å². The lowest BCUT2D eigenvalue weighted by molar-refractivity contribution is -0.109. The highest BCUT2D eigenvalue weighted by molar-refractivity contribution is 6.65. The van der Waals surface area contributed by atoms with Gasteiger partial charge in [-0.25, -0.2) is 9.97 Å². The van der Waals surface area contributed by atoms with Crippen LogP contribution in [0.1, 0.15) is 10.4 Å². The van der Waals surface area contributed by atoms with Crippen molar-refractivity contribution >= 4 is 45.5 Å². The summed E-state index contributed by atoms with van der Waals surface area (Å²) in [5.74, 6) is -1.20. The highest BCUT2D eigenvalue weighted by atomic mass is 16.2. The average Bonchev–Trinajstić information content (AvgIpc) is 2.48. The van der Waals surface area contributed by atoms with E-state index in [1.807, 2.05) is 24.3 Å². The zero-order chi connectivity index (χ0) is 13.7. The highest BCUT2D eigenvalue weighted by Crippen LogP contribution is 2.30. The van der Waals surface area contributed by atoms with Gasteiger partial charge in [0.05, 0.1) is 34.0 Å². The topological polar surface area (TPSA) is 72.3 Å². The van der Waals surface area contributed by atoms with Crippen LogP contribution in [0.2, 0.25) is 0 Å². The van der Waals surface area contributed by atoms with Crippen LogP contribution in [0, 0.1) is 0 Å². The molecule has 1 aliphatic rings. The molecule has 1 aromatic heterocycles. The smallest absolute Gasteiger partial charge is 0.244 e. The first kappa shape index (κ1) is 10.9. The summed E-state index contributed by atoms with van der Waals surface area (Å²) in [5.41, 5.74) is 3.15. The van der Waals surface area contributed by atoms with Gasteiger partial charge < -0.3 is 0 Å². The van der Waals surface area contributed by atoms with Crippen LogP contribution in [-0.4, -0.2) is 27.7 Å². The second-order valence-electron chi connectivity index (χ2n) is 4.49. The number of Topliss-reactive ketones (excluding diaryl/α,β-unsaturated/α-hetero) is 2. The molecule has 2 aromatic carbocycles. The Morgan fingerprint density at radius 1 is 0.800 bits per heavy atom. The van der Waals surface area contributed by atoms with E-state index in [9.17, 15) is 9.59 Å². The predicted molar refractivity (Wildman–Crippen MR) is 74.5 cm³/mol. The second-order valence-corrected chi connectivity index (χ2v) is 4.49. The third kappa shape index (κ3) is 1.40. The molecule has 5 nitrogen and oxygen atoms in total. The zero-order valence-corrected chi connectivity index (χ0v) is 10.2. The Balaban J connectivity index is 2.18. The Bertz CT molecular complexity index is 944. The minimum absolute atomic E-state index is 0.244. The van der Waals surface area contributed by atoms with E-state index in [1.165, 1.54) is 0 Å². The molecule has 20 heavy (non-hydrogen) atoms. The standard InChI is InChI=1S/C15H7N3O2/c19-12-7-16-10-5-6-11-14(13(10)15(12)20)18-9-4-2-1-3-8(9)17-11/h1-7H. The summed E-state index contributed by atoms with van der Waals surface area (Å²) in [7, 11) is 0. The van der Waals surface area contributed by atoms with E-state index in [-0.39, 0.29) is 5.56 Å². The molecule has 0 aliphatic carbocycles. The molecular formula is C15H7N3O2. The highest BCUT2D eigenvalue weighted by Gasteiger charge is 2.25. The van der Waals surface area contributed by atoms with E-state index in [2.05, 4.69) is 15.0 Å². The molecule has 2 heterocycles. The number of ketones is 2. The SMILES string of the molecule is O=C1C=Nc2ccc3nc4ccccc4nc3c2C1=O. The quantitative estimate of drug-likeness (QED) is 0.459. The summed E-state index contributed by atoms with van der Waals surface area (Å²) < 4.78 is 0. The number of nitrogens with zero attached hydrogens (tertiary/aromatic N) is 3. The normalized spacial score (nSPS) is 14.0. The van der Waals surface area contributed by atoms with Crippen LogP contribution in [0.3, 0.4) is 0 Å². The molecule has 94 valence electrons. The number of aliphatic imine (C=N–C) groups is 1. The molecule has 4 rings (SSSR count). The molecule has 0 saturated heterocycles. The third-order valence-corrected chi connectivity index (χ3v) is 3.26. The molecule has 0 unspecified atom stereocenters. The molecule has 0 saturated carbocycles. The van der Waals surface area contributed by atoms with Gasteiger partial charge in [0, 0.05) is 0 Å². The van der Waals surface area contributed by atoms with Gasteiger partial charge in [-0.15, -0.1) is 0 Å². The van der Waals surface area contributed by atoms with E-state index >= 15 is 0 Å². The Kier molecular flexibility index (Phi) is 2.06. The number of rotatable bonds is 0. The van der Waals surface area contributed by atoms with E-state index in [4.69, 9.17) is 0 Å². The van der Waals surface area contributed by atoms with Crippen LogP contribution < -0.4 is 0 Å². The first-order valence-corrected chi connectivity index (χ1v) is 6.06. The first-order valence-electron chi connectivity index (χ1n) is 6.06. The fraction of sp³-hybridized carbons (Fsp3) is 0. The molecule has 0 bridgehead atoms. The van der Waals surface area contributed by atoms with Crippen LogP contribution in [0.4, 0.5) is 5.69 Å². The van der Waals surface area contributed by atoms with E-state index < -0.39 is 11.6 Å². The Morgan fingerprint density at radius 2 is 1.55 bits per heavy atom. The number of benzene rings is 2. The van der Waals surface area contributed by atoms with E-state index in [1.54, 1.807) is 12.1 Å². The monoisotopic (exact) mass is 261 g/mol. The molecule has 0 radical (unpaired) electrons. The Labute approximate surface area is 113 Å². The molecule has 0 fully saturated rings. The van der Waals surface area contributed by atoms with Crippen LogP contribution in [0.15, 0.2) is 41.4 Å². The first-order chi connectivity index (χ1) is 9.74. The largest absolute Gasteiger partial charge is 0.285 e. The maximum Gasteiger partial charge on any atom is 0.244 e. The summed E-state index contributed by atoms with van der Waals surface area (Å²) in [5, 5.41) is 0. The minimum Gasteiger partial charge on any atom is -0.285 e. The van der Waals surface area contributed by atoms with Crippen LogP contribution in [0.25, 0.3) is 22.1 Å². The van der Waals surface area contributed by atoms with Gasteiger partial charge in [-0.2, -0.15) is 0 Å². The van der Waals surface area contributed by atoms with Crippen molar-refractivity contribution in [2.75, 3.05) is 0 Å². The Hall–Kier alpha value is -2.95. The van der Waals surface area contributed by atoms with Crippen molar-refractivity contribution in [3.8, 4) is 0 Å². The predicted octanol–water partition coefficient (Wildman–Crippen LogP) is 2.25. The lowest BCUT2D eigenvalue weighted by atomic mass is 10.0. The van der Waals surface area contributed by atoms with Gasteiger partial charge in [0.15, 0.2) is 0 Å². The number of carbonyl (C=O) groups is 2. The van der Waals surface area contributed by atoms with E-state index in [0.29, 0.717) is 22.2 Å². The van der Waals surface area contributed by atoms with Crippen molar-refractivity contribution in [1.29, 1.82) is 0 Å². The summed E-state index contributed by atoms with van der Waals surface area (Å²) >= 11 is 0. The summed E-state index contributed by atoms with van der Waals surface area (Å²) in [6.45, 7) is 0. The molecule has 0 spiro atoms. The van der Waals surface area contributed by atoms with Gasteiger partial charge in [-0.1, -0.05) is 12.1 Å². The van der Waals surface area contributed by atoms with Crippen molar-refractivity contribution in [1.82, 2.24) is 9.97 Å². The summed E-state index contributed by atoms with van der Waals surface area (Å²) in [6.07, 6.45) is 1.05. The number of fused-ring (bicyclic) bond motifs is 4. The molecular weight excluding hydrogens is 254 g/mol. The van der Waals surface area contributed by atoms with Crippen molar-refractivity contribution in [2.24, 2.45) is 4.99 Å². The molecule has 0 N–H and O–H groups in total. The molecule has 0 amide bonds. The number of para-hydroxylation sites is 2. The van der Waals surface area contributed by atoms with Gasteiger partial charge in [0.25, 0.3) is 0 Å². The maximum absolute atomic E-state index is 12.1. The number of hydrogen-bond acceptors (Lipinski definition) is 5. The van der Waals surface area contributed by atoms with E-state index in [0.717, 1.165) is 11.7 Å². The molecule has 3 aromatic rings. The van der Waals surface area contributed by atoms with Gasteiger partial charge in [0.1, 0.15) is 5.52 Å². The molecule has 1 aliphatic heterocycles. The average molecular weight is 261 g/mol. The summed E-state index contributed by atoms with van der Waals surface area (Å²) in [6, 6.07) is 10.8. The van der Waals surface area contributed by atoms with Gasteiger partial charge in [-0.3, -0.25) is 14.6 Å². The van der Waals surface area contributed by atoms with Crippen molar-refractivity contribution in [2.45, 2.75) is 0 Å². The number of aromatic nitrogens is 2. The van der Waals surface area contributed by atoms with Crippen molar-refractivity contribution in [3.05, 3.63) is 42.0 Å². The maximum atomic E-state index is 12.1. The van der Waals surface area contributed by atoms with Crippen LogP contribution in [0.5, 0.6) is 0 Å². The van der Waals surface area contributed by atoms with Crippen molar-refractivity contribution in [3.63, 3.8) is 0 Å². The number of carbonyl (C=O) groups excluding carboxylic acids is 2. The molecule has 5 heteroatoms. The fourth-order valence-electron chi connectivity index (χ4n) is 2.32. The lowest BCUT2D eigenvalue weighted by Crippen LogP contribution is -2.19. The minimum atomic E-state index is -0.625. The van der Waals surface area contributed by atoms with Gasteiger partial charge in [0.2, 0.25) is 11.6 Å². The Morgan fingerprint density at radius 3 is 2.35 bits per heavy atom. The zero-order valence-electron chi connectivity index (χ0n) is 10.2. The number of hydrogen-bond donors (Lipinski definition) is 0. The third-order valence-electron chi connectivity index (χ3n) is 3.26. The lowest BCUT2D eigenvalue weighted by Gasteiger charge is -2.10.